The van der Waals surface area contributed by atoms with Crippen molar-refractivity contribution in [3.63, 3.8) is 0 Å². The van der Waals surface area contributed by atoms with E-state index in [1.807, 2.05) is 29.2 Å². The summed E-state index contributed by atoms with van der Waals surface area (Å²) in [5.41, 5.74) is 0.832. The fraction of sp³-hybridized carbons (Fsp3) is 0.600. The van der Waals surface area contributed by atoms with Gasteiger partial charge in [-0.2, -0.15) is 0 Å². The largest absolute Gasteiger partial charge is 0.497 e. The van der Waals surface area contributed by atoms with Gasteiger partial charge in [-0.3, -0.25) is 9.59 Å². The topological polar surface area (TPSA) is 49.9 Å². The molecule has 0 radical (unpaired) electrons. The molecule has 25 heavy (non-hydrogen) atoms. The number of methoxy groups -OCH3 is 1. The van der Waals surface area contributed by atoms with Gasteiger partial charge in [0.2, 0.25) is 11.8 Å². The van der Waals surface area contributed by atoms with E-state index in [1.165, 1.54) is 12.8 Å². The van der Waals surface area contributed by atoms with E-state index < -0.39 is 0 Å². The molecule has 3 rings (SSSR count). The van der Waals surface area contributed by atoms with Crippen molar-refractivity contribution in [2.24, 2.45) is 5.92 Å². The SMILES string of the molecule is COc1ccc(N2CC(C(=O)N(C(C)C)C3CCCC3)CC2=O)cc1. The Hall–Kier alpha value is -2.04. The Bertz CT molecular complexity index is 620. The highest BCUT2D eigenvalue weighted by atomic mass is 16.5. The van der Waals surface area contributed by atoms with E-state index in [1.54, 1.807) is 12.0 Å². The number of ether oxygens (including phenoxy) is 1. The molecule has 136 valence electrons. The zero-order valence-electron chi connectivity index (χ0n) is 15.4. The maximum atomic E-state index is 13.1. The maximum Gasteiger partial charge on any atom is 0.228 e. The van der Waals surface area contributed by atoms with Crippen molar-refractivity contribution >= 4 is 17.5 Å². The van der Waals surface area contributed by atoms with Crippen LogP contribution in [0, 0.1) is 5.92 Å². The molecular weight excluding hydrogens is 316 g/mol. The molecule has 1 saturated heterocycles. The first-order valence-corrected chi connectivity index (χ1v) is 9.28. The number of carbonyl (C=O) groups excluding carboxylic acids is 2. The lowest BCUT2D eigenvalue weighted by atomic mass is 10.0. The van der Waals surface area contributed by atoms with Crippen molar-refractivity contribution < 1.29 is 14.3 Å². The number of hydrogen-bond donors (Lipinski definition) is 0. The summed E-state index contributed by atoms with van der Waals surface area (Å²) in [7, 11) is 1.62. The minimum absolute atomic E-state index is 0.0265. The van der Waals surface area contributed by atoms with Gasteiger partial charge in [0.25, 0.3) is 0 Å². The van der Waals surface area contributed by atoms with Crippen molar-refractivity contribution in [3.8, 4) is 5.75 Å². The molecule has 1 heterocycles. The van der Waals surface area contributed by atoms with Gasteiger partial charge >= 0.3 is 0 Å². The van der Waals surface area contributed by atoms with Crippen LogP contribution in [0.2, 0.25) is 0 Å². The molecule has 5 nitrogen and oxygen atoms in total. The second-order valence-electron chi connectivity index (χ2n) is 7.38. The van der Waals surface area contributed by atoms with Gasteiger partial charge < -0.3 is 14.5 Å². The van der Waals surface area contributed by atoms with Crippen molar-refractivity contribution in [2.75, 3.05) is 18.6 Å². The zero-order chi connectivity index (χ0) is 18.0. The third-order valence-electron chi connectivity index (χ3n) is 5.39. The first kappa shape index (κ1) is 17.8. The Labute approximate surface area is 149 Å². The molecule has 2 fully saturated rings. The lowest BCUT2D eigenvalue weighted by Crippen LogP contribution is -2.47. The van der Waals surface area contributed by atoms with Crippen LogP contribution in [0.3, 0.4) is 0 Å². The number of carbonyl (C=O) groups is 2. The summed E-state index contributed by atoms with van der Waals surface area (Å²) in [6, 6.07) is 7.97. The van der Waals surface area contributed by atoms with Crippen LogP contribution in [0.5, 0.6) is 5.75 Å². The molecule has 0 bridgehead atoms. The molecule has 1 saturated carbocycles. The molecule has 1 aliphatic carbocycles. The summed E-state index contributed by atoms with van der Waals surface area (Å²) in [5.74, 6) is 0.692. The summed E-state index contributed by atoms with van der Waals surface area (Å²) in [4.78, 5) is 29.4. The van der Waals surface area contributed by atoms with Crippen molar-refractivity contribution in [3.05, 3.63) is 24.3 Å². The number of amides is 2. The maximum absolute atomic E-state index is 13.1. The van der Waals surface area contributed by atoms with E-state index >= 15 is 0 Å². The average Bonchev–Trinajstić information content (AvgIpc) is 3.25. The monoisotopic (exact) mass is 344 g/mol. The first-order chi connectivity index (χ1) is 12.0. The smallest absolute Gasteiger partial charge is 0.228 e. The number of rotatable bonds is 5. The first-order valence-electron chi connectivity index (χ1n) is 9.28. The number of anilines is 1. The lowest BCUT2D eigenvalue weighted by Gasteiger charge is -2.34. The fourth-order valence-electron chi connectivity index (χ4n) is 4.13. The summed E-state index contributed by atoms with van der Waals surface area (Å²) in [5, 5.41) is 0. The fourth-order valence-corrected chi connectivity index (χ4v) is 4.13. The van der Waals surface area contributed by atoms with E-state index in [2.05, 4.69) is 13.8 Å². The predicted molar refractivity (Wildman–Crippen MR) is 97.7 cm³/mol. The van der Waals surface area contributed by atoms with Gasteiger partial charge in [-0.05, 0) is 51.0 Å². The number of hydrogen-bond acceptors (Lipinski definition) is 3. The highest BCUT2D eigenvalue weighted by Crippen LogP contribution is 2.31. The number of nitrogens with zero attached hydrogens (tertiary/aromatic N) is 2. The Morgan fingerprint density at radius 2 is 1.84 bits per heavy atom. The van der Waals surface area contributed by atoms with Crippen LogP contribution in [-0.4, -0.2) is 42.5 Å². The van der Waals surface area contributed by atoms with Crippen LogP contribution in [-0.2, 0) is 9.59 Å². The molecule has 5 heteroatoms. The van der Waals surface area contributed by atoms with Gasteiger partial charge in [0, 0.05) is 30.7 Å². The normalized spacial score (nSPS) is 21.2. The average molecular weight is 344 g/mol. The van der Waals surface area contributed by atoms with Crippen LogP contribution >= 0.6 is 0 Å². The van der Waals surface area contributed by atoms with E-state index in [-0.39, 0.29) is 23.8 Å². The van der Waals surface area contributed by atoms with E-state index in [0.29, 0.717) is 19.0 Å². The van der Waals surface area contributed by atoms with Crippen LogP contribution < -0.4 is 9.64 Å². The summed E-state index contributed by atoms with van der Waals surface area (Å²) < 4.78 is 5.17. The summed E-state index contributed by atoms with van der Waals surface area (Å²) in [6.45, 7) is 4.63. The standard InChI is InChI=1S/C20H28N2O3/c1-14(2)22(17-6-4-5-7-17)20(24)15-12-19(23)21(13-15)16-8-10-18(25-3)11-9-16/h8-11,14-15,17H,4-7,12-13H2,1-3H3. The quantitative estimate of drug-likeness (QED) is 0.824. The van der Waals surface area contributed by atoms with Gasteiger partial charge in [-0.1, -0.05) is 12.8 Å². The van der Waals surface area contributed by atoms with Gasteiger partial charge in [-0.25, -0.2) is 0 Å². The predicted octanol–water partition coefficient (Wildman–Crippen LogP) is 3.23. The van der Waals surface area contributed by atoms with Crippen LogP contribution in [0.4, 0.5) is 5.69 Å². The van der Waals surface area contributed by atoms with Crippen molar-refractivity contribution in [1.29, 1.82) is 0 Å². The zero-order valence-corrected chi connectivity index (χ0v) is 15.4. The third-order valence-corrected chi connectivity index (χ3v) is 5.39. The second kappa shape index (κ2) is 7.46. The molecule has 1 unspecified atom stereocenters. The van der Waals surface area contributed by atoms with E-state index in [9.17, 15) is 9.59 Å². The van der Waals surface area contributed by atoms with Crippen molar-refractivity contribution in [1.82, 2.24) is 4.90 Å². The molecular formula is C20H28N2O3. The van der Waals surface area contributed by atoms with Gasteiger partial charge in [-0.15, -0.1) is 0 Å². The Kier molecular flexibility index (Phi) is 5.30. The summed E-state index contributed by atoms with van der Waals surface area (Å²) in [6.07, 6.45) is 4.88. The number of benzene rings is 1. The van der Waals surface area contributed by atoms with Crippen molar-refractivity contribution in [2.45, 2.75) is 58.0 Å². The highest BCUT2D eigenvalue weighted by molar-refractivity contribution is 6.00. The molecule has 2 amide bonds. The molecule has 1 aromatic rings. The molecule has 0 spiro atoms. The Balaban J connectivity index is 1.72. The minimum atomic E-state index is -0.238. The molecule has 1 aliphatic heterocycles. The Morgan fingerprint density at radius 1 is 1.20 bits per heavy atom. The molecule has 1 atom stereocenters. The van der Waals surface area contributed by atoms with Crippen LogP contribution in [0.25, 0.3) is 0 Å². The second-order valence-corrected chi connectivity index (χ2v) is 7.38. The van der Waals surface area contributed by atoms with E-state index in [0.717, 1.165) is 24.3 Å². The van der Waals surface area contributed by atoms with Crippen LogP contribution in [0.1, 0.15) is 46.0 Å². The molecule has 0 aromatic heterocycles. The van der Waals surface area contributed by atoms with Gasteiger partial charge in [0.05, 0.1) is 13.0 Å². The lowest BCUT2D eigenvalue weighted by molar-refractivity contribution is -0.140. The molecule has 2 aliphatic rings. The van der Waals surface area contributed by atoms with E-state index in [4.69, 9.17) is 4.74 Å². The summed E-state index contributed by atoms with van der Waals surface area (Å²) >= 11 is 0. The van der Waals surface area contributed by atoms with Gasteiger partial charge in [0.15, 0.2) is 0 Å². The minimum Gasteiger partial charge on any atom is -0.497 e. The Morgan fingerprint density at radius 3 is 2.40 bits per heavy atom. The molecule has 0 N–H and O–H groups in total. The van der Waals surface area contributed by atoms with Crippen LogP contribution in [0.15, 0.2) is 24.3 Å². The third kappa shape index (κ3) is 3.65. The molecule has 1 aromatic carbocycles. The van der Waals surface area contributed by atoms with Gasteiger partial charge in [0.1, 0.15) is 5.75 Å². The highest BCUT2D eigenvalue weighted by Gasteiger charge is 2.40.